The lowest BCUT2D eigenvalue weighted by Gasteiger charge is -2.41. The van der Waals surface area contributed by atoms with Gasteiger partial charge < -0.3 is 5.32 Å². The third-order valence-corrected chi connectivity index (χ3v) is 4.22. The van der Waals surface area contributed by atoms with E-state index in [1.807, 2.05) is 0 Å². The van der Waals surface area contributed by atoms with Gasteiger partial charge in [-0.1, -0.05) is 0 Å². The Morgan fingerprint density at radius 2 is 2.05 bits per heavy atom. The Morgan fingerprint density at radius 1 is 1.37 bits per heavy atom. The smallest absolute Gasteiger partial charge is 0.284 e. The first-order valence-electron chi connectivity index (χ1n) is 5.93. The van der Waals surface area contributed by atoms with Crippen molar-refractivity contribution in [2.24, 2.45) is 0 Å². The van der Waals surface area contributed by atoms with Crippen LogP contribution in [0.15, 0.2) is 15.3 Å². The molecule has 0 aromatic carbocycles. The first-order chi connectivity index (χ1) is 8.85. The summed E-state index contributed by atoms with van der Waals surface area (Å²) in [5.41, 5.74) is -0.346. The third-order valence-electron chi connectivity index (χ3n) is 3.65. The number of nitrogens with zero attached hydrogens (tertiary/aromatic N) is 2. The molecule has 3 heterocycles. The Morgan fingerprint density at radius 3 is 2.74 bits per heavy atom. The van der Waals surface area contributed by atoms with Crippen LogP contribution in [0.5, 0.6) is 0 Å². The van der Waals surface area contributed by atoms with Crippen molar-refractivity contribution in [3.8, 4) is 0 Å². The molecule has 0 saturated carbocycles. The molecule has 0 radical (unpaired) electrons. The first-order valence-corrected chi connectivity index (χ1v) is 6.72. The lowest BCUT2D eigenvalue weighted by atomic mass is 10.1. The number of amides is 2. The first kappa shape index (κ1) is 12.4. The van der Waals surface area contributed by atoms with Crippen LogP contribution in [-0.2, 0) is 4.79 Å². The summed E-state index contributed by atoms with van der Waals surface area (Å²) in [6.07, 6.45) is 0.809. The van der Waals surface area contributed by atoms with E-state index in [9.17, 15) is 14.4 Å². The zero-order chi connectivity index (χ0) is 13.9. The van der Waals surface area contributed by atoms with E-state index in [1.165, 1.54) is 9.69 Å². The van der Waals surface area contributed by atoms with E-state index in [-0.39, 0.29) is 17.5 Å². The number of rotatable bonds is 0. The highest BCUT2D eigenvalue weighted by atomic mass is 79.9. The Kier molecular flexibility index (Phi) is 2.41. The second-order valence-electron chi connectivity index (χ2n) is 5.07. The predicted octanol–water partition coefficient (Wildman–Crippen LogP) is 0.637. The highest BCUT2D eigenvalue weighted by Gasteiger charge is 2.49. The Balaban J connectivity index is 2.39. The molecule has 1 fully saturated rings. The summed E-state index contributed by atoms with van der Waals surface area (Å²) in [4.78, 5) is 36.5. The van der Waals surface area contributed by atoms with Gasteiger partial charge in [-0.25, -0.2) is 9.69 Å². The lowest BCUT2D eigenvalue weighted by molar-refractivity contribution is -0.119. The van der Waals surface area contributed by atoms with Gasteiger partial charge in [0.15, 0.2) is 0 Å². The number of nitrogens with one attached hydrogen (secondary N) is 1. The van der Waals surface area contributed by atoms with Gasteiger partial charge in [-0.15, -0.1) is 0 Å². The van der Waals surface area contributed by atoms with Crippen molar-refractivity contribution < 1.29 is 9.59 Å². The fraction of sp³-hybridized carbons (Fsp3) is 0.417. The molecule has 7 heteroatoms. The van der Waals surface area contributed by atoms with Crippen LogP contribution >= 0.6 is 15.9 Å². The Hall–Kier alpha value is -1.63. The molecule has 1 atom stereocenters. The summed E-state index contributed by atoms with van der Waals surface area (Å²) in [5, 5.41) is 4.18. The van der Waals surface area contributed by atoms with Gasteiger partial charge in [0.2, 0.25) is 5.91 Å². The number of carbonyl (C=O) groups excluding carboxylic acids is 2. The molecule has 19 heavy (non-hydrogen) atoms. The second-order valence-corrected chi connectivity index (χ2v) is 5.93. The molecule has 0 bridgehead atoms. The van der Waals surface area contributed by atoms with E-state index < -0.39 is 11.2 Å². The molecule has 2 aliphatic heterocycles. The summed E-state index contributed by atoms with van der Waals surface area (Å²) < 4.78 is 1.54. The third kappa shape index (κ3) is 1.51. The largest absolute Gasteiger partial charge is 0.326 e. The van der Waals surface area contributed by atoms with E-state index in [4.69, 9.17) is 0 Å². The summed E-state index contributed by atoms with van der Waals surface area (Å²) in [7, 11) is 0. The van der Waals surface area contributed by atoms with E-state index in [2.05, 4.69) is 21.2 Å². The van der Waals surface area contributed by atoms with Crippen LogP contribution in [0.25, 0.3) is 0 Å². The predicted molar refractivity (Wildman–Crippen MR) is 71.5 cm³/mol. The van der Waals surface area contributed by atoms with E-state index in [1.54, 1.807) is 19.9 Å². The van der Waals surface area contributed by atoms with Crippen molar-refractivity contribution in [3.05, 3.63) is 32.2 Å². The van der Waals surface area contributed by atoms with Crippen molar-refractivity contribution >= 4 is 27.7 Å². The number of pyridine rings is 1. The summed E-state index contributed by atoms with van der Waals surface area (Å²) in [5.74, 6) is -0.487. The van der Waals surface area contributed by atoms with Gasteiger partial charge in [-0.2, -0.15) is 0 Å². The summed E-state index contributed by atoms with van der Waals surface area (Å²) in [6.45, 7) is 3.49. The average molecular weight is 326 g/mol. The van der Waals surface area contributed by atoms with E-state index >= 15 is 0 Å². The van der Waals surface area contributed by atoms with Crippen molar-refractivity contribution in [3.63, 3.8) is 0 Å². The van der Waals surface area contributed by atoms with Gasteiger partial charge in [-0.05, 0) is 47.8 Å². The number of hydrogen-bond donors (Lipinski definition) is 1. The minimum Gasteiger partial charge on any atom is -0.326 e. The number of carbonyl (C=O) groups is 2. The van der Waals surface area contributed by atoms with Crippen molar-refractivity contribution in [1.82, 2.24) is 9.99 Å². The SMILES string of the molecule is Cc1cc(Br)c(=O)n2c1C(=O)NC1(C)CCC(=O)N21. The van der Waals surface area contributed by atoms with Gasteiger partial charge in [0.1, 0.15) is 11.4 Å². The molecular formula is C12H12BrN3O3. The summed E-state index contributed by atoms with van der Waals surface area (Å²) >= 11 is 3.18. The molecule has 1 N–H and O–H groups in total. The van der Waals surface area contributed by atoms with Gasteiger partial charge in [0.25, 0.3) is 11.5 Å². The minimum absolute atomic E-state index is 0.164. The van der Waals surface area contributed by atoms with Crippen LogP contribution in [0.4, 0.5) is 0 Å². The van der Waals surface area contributed by atoms with Gasteiger partial charge >= 0.3 is 0 Å². The maximum absolute atomic E-state index is 12.3. The standard InChI is InChI=1S/C12H12BrN3O3/c1-6-5-7(13)11(19)15-9(6)10(18)14-12(2)4-3-8(17)16(12)15/h5H,3-4H2,1-2H3,(H,14,18). The second kappa shape index (κ2) is 3.69. The minimum atomic E-state index is -0.821. The van der Waals surface area contributed by atoms with Crippen LogP contribution in [-0.4, -0.2) is 22.2 Å². The molecule has 1 aromatic heterocycles. The van der Waals surface area contributed by atoms with Crippen LogP contribution in [0, 0.1) is 6.92 Å². The molecule has 6 nitrogen and oxygen atoms in total. The molecule has 1 unspecified atom stereocenters. The molecule has 2 amide bonds. The molecular weight excluding hydrogens is 314 g/mol. The number of fused-ring (bicyclic) bond motifs is 3. The maximum Gasteiger partial charge on any atom is 0.284 e. The molecule has 1 saturated heterocycles. The monoisotopic (exact) mass is 325 g/mol. The van der Waals surface area contributed by atoms with Crippen LogP contribution < -0.4 is 15.9 Å². The highest BCUT2D eigenvalue weighted by Crippen LogP contribution is 2.30. The maximum atomic E-state index is 12.3. The lowest BCUT2D eigenvalue weighted by Crippen LogP contribution is -2.68. The van der Waals surface area contributed by atoms with E-state index in [0.717, 1.165) is 0 Å². The molecule has 1 aromatic rings. The number of aromatic nitrogens is 1. The molecule has 2 aliphatic rings. The molecule has 0 spiro atoms. The summed E-state index contributed by atoms with van der Waals surface area (Å²) in [6, 6.07) is 1.59. The highest BCUT2D eigenvalue weighted by molar-refractivity contribution is 9.10. The fourth-order valence-electron chi connectivity index (χ4n) is 2.74. The molecule has 0 aliphatic carbocycles. The zero-order valence-electron chi connectivity index (χ0n) is 10.5. The zero-order valence-corrected chi connectivity index (χ0v) is 12.1. The van der Waals surface area contributed by atoms with Crippen LogP contribution in [0.3, 0.4) is 0 Å². The van der Waals surface area contributed by atoms with Gasteiger partial charge in [0.05, 0.1) is 4.47 Å². The van der Waals surface area contributed by atoms with Crippen molar-refractivity contribution in [2.45, 2.75) is 32.4 Å². The molecule has 3 rings (SSSR count). The van der Waals surface area contributed by atoms with Crippen LogP contribution in [0.2, 0.25) is 0 Å². The van der Waals surface area contributed by atoms with Crippen molar-refractivity contribution in [1.29, 1.82) is 0 Å². The van der Waals surface area contributed by atoms with Crippen molar-refractivity contribution in [2.75, 3.05) is 5.01 Å². The topological polar surface area (TPSA) is 71.4 Å². The van der Waals surface area contributed by atoms with Gasteiger partial charge in [0, 0.05) is 6.42 Å². The number of hydrogen-bond acceptors (Lipinski definition) is 3. The fourth-order valence-corrected chi connectivity index (χ4v) is 3.26. The normalized spacial score (nSPS) is 25.1. The van der Waals surface area contributed by atoms with Crippen LogP contribution in [0.1, 0.15) is 35.8 Å². The average Bonchev–Trinajstić information content (AvgIpc) is 2.60. The Bertz CT molecular complexity index is 682. The van der Waals surface area contributed by atoms with E-state index in [0.29, 0.717) is 22.9 Å². The number of aryl methyl sites for hydroxylation is 1. The quantitative estimate of drug-likeness (QED) is 0.760. The van der Waals surface area contributed by atoms with Gasteiger partial charge in [-0.3, -0.25) is 14.4 Å². The Labute approximate surface area is 117 Å². The molecule has 100 valence electrons. The number of halogens is 1.